The van der Waals surface area contributed by atoms with E-state index in [1.807, 2.05) is 6.07 Å². The molecule has 2 fully saturated rings. The lowest BCUT2D eigenvalue weighted by molar-refractivity contribution is 0.0269. The summed E-state index contributed by atoms with van der Waals surface area (Å²) in [4.78, 5) is 4.94. The molecule has 3 heteroatoms. The highest BCUT2D eigenvalue weighted by molar-refractivity contribution is 5.80. The fourth-order valence-electron chi connectivity index (χ4n) is 4.95. The van der Waals surface area contributed by atoms with Crippen molar-refractivity contribution in [3.63, 3.8) is 0 Å². The van der Waals surface area contributed by atoms with Crippen molar-refractivity contribution in [2.24, 2.45) is 21.7 Å². The Morgan fingerprint density at radius 2 is 1.95 bits per heavy atom. The summed E-state index contributed by atoms with van der Waals surface area (Å²) in [5.41, 5.74) is 1.94. The maximum Gasteiger partial charge on any atom is 0.198 e. The second-order valence-corrected chi connectivity index (χ2v) is 7.93. The van der Waals surface area contributed by atoms with Crippen molar-refractivity contribution in [1.29, 1.82) is 0 Å². The van der Waals surface area contributed by atoms with Crippen LogP contribution in [0.15, 0.2) is 35.3 Å². The maximum atomic E-state index is 6.28. The number of nitrogens with one attached hydrogen (secondary N) is 1. The molecule has 4 atom stereocenters. The molecular weight excluding hydrogens is 272 g/mol. The van der Waals surface area contributed by atoms with Gasteiger partial charge in [-0.05, 0) is 29.7 Å². The SMILES string of the molecule is CC1(C)[C@@H]2CC[C@@]1(C)[C@@H]1OC(CNCc3ccccc3)=N[C@H]21. The van der Waals surface area contributed by atoms with Crippen molar-refractivity contribution in [3.05, 3.63) is 35.9 Å². The zero-order chi connectivity index (χ0) is 15.4. The van der Waals surface area contributed by atoms with Gasteiger partial charge in [0.25, 0.3) is 0 Å². The van der Waals surface area contributed by atoms with Crippen molar-refractivity contribution < 1.29 is 4.74 Å². The second-order valence-electron chi connectivity index (χ2n) is 7.93. The van der Waals surface area contributed by atoms with Crippen LogP contribution in [0.4, 0.5) is 0 Å². The van der Waals surface area contributed by atoms with E-state index < -0.39 is 0 Å². The Labute approximate surface area is 133 Å². The van der Waals surface area contributed by atoms with Crippen LogP contribution in [-0.2, 0) is 11.3 Å². The number of benzene rings is 1. The minimum Gasteiger partial charge on any atom is -0.474 e. The number of rotatable bonds is 4. The zero-order valence-electron chi connectivity index (χ0n) is 13.8. The van der Waals surface area contributed by atoms with Crippen LogP contribution in [0, 0.1) is 16.7 Å². The smallest absolute Gasteiger partial charge is 0.198 e. The van der Waals surface area contributed by atoms with Crippen LogP contribution in [0.3, 0.4) is 0 Å². The van der Waals surface area contributed by atoms with Crippen LogP contribution >= 0.6 is 0 Å². The molecule has 2 saturated carbocycles. The van der Waals surface area contributed by atoms with Gasteiger partial charge in [0.15, 0.2) is 5.90 Å². The third-order valence-electron chi connectivity index (χ3n) is 6.73. The number of ether oxygens (including phenoxy) is 1. The molecule has 1 aromatic rings. The van der Waals surface area contributed by atoms with Gasteiger partial charge in [-0.15, -0.1) is 0 Å². The van der Waals surface area contributed by atoms with Crippen molar-refractivity contribution in [2.75, 3.05) is 6.54 Å². The predicted octanol–water partition coefficient (Wildman–Crippen LogP) is 3.40. The molecule has 1 aromatic carbocycles. The summed E-state index contributed by atoms with van der Waals surface area (Å²) in [6, 6.07) is 10.9. The summed E-state index contributed by atoms with van der Waals surface area (Å²) in [6.45, 7) is 8.84. The summed E-state index contributed by atoms with van der Waals surface area (Å²) < 4.78 is 6.28. The minimum atomic E-state index is 0.285. The highest BCUT2D eigenvalue weighted by Crippen LogP contribution is 2.67. The molecule has 3 nitrogen and oxygen atoms in total. The summed E-state index contributed by atoms with van der Waals surface area (Å²) >= 11 is 0. The van der Waals surface area contributed by atoms with Gasteiger partial charge in [0, 0.05) is 12.0 Å². The quantitative estimate of drug-likeness (QED) is 0.924. The highest BCUT2D eigenvalue weighted by atomic mass is 16.5. The molecule has 0 saturated heterocycles. The molecule has 4 rings (SSSR count). The third kappa shape index (κ3) is 1.88. The molecule has 2 bridgehead atoms. The fourth-order valence-corrected chi connectivity index (χ4v) is 4.95. The highest BCUT2D eigenvalue weighted by Gasteiger charge is 2.69. The van der Waals surface area contributed by atoms with Gasteiger partial charge in [0.05, 0.1) is 12.6 Å². The zero-order valence-corrected chi connectivity index (χ0v) is 13.8. The van der Waals surface area contributed by atoms with Gasteiger partial charge in [-0.2, -0.15) is 0 Å². The maximum absolute atomic E-state index is 6.28. The Morgan fingerprint density at radius 3 is 2.68 bits per heavy atom. The molecular formula is C19H26N2O. The van der Waals surface area contributed by atoms with Crippen LogP contribution in [-0.4, -0.2) is 24.6 Å². The van der Waals surface area contributed by atoms with Crippen molar-refractivity contribution in [3.8, 4) is 0 Å². The van der Waals surface area contributed by atoms with E-state index in [2.05, 4.69) is 50.4 Å². The summed E-state index contributed by atoms with van der Waals surface area (Å²) in [7, 11) is 0. The molecule has 118 valence electrons. The van der Waals surface area contributed by atoms with E-state index in [-0.39, 0.29) is 5.41 Å². The Kier molecular flexibility index (Phi) is 3.12. The summed E-state index contributed by atoms with van der Waals surface area (Å²) in [5, 5.41) is 3.46. The molecule has 1 aliphatic heterocycles. The first kappa shape index (κ1) is 14.3. The van der Waals surface area contributed by atoms with E-state index in [9.17, 15) is 0 Å². The van der Waals surface area contributed by atoms with E-state index in [0.29, 0.717) is 23.5 Å². The first-order valence-electron chi connectivity index (χ1n) is 8.50. The summed E-state index contributed by atoms with van der Waals surface area (Å²) in [5.74, 6) is 1.61. The molecule has 1 heterocycles. The molecule has 1 N–H and O–H groups in total. The number of nitrogens with zero attached hydrogens (tertiary/aromatic N) is 1. The number of fused-ring (bicyclic) bond motifs is 5. The lowest BCUT2D eigenvalue weighted by atomic mass is 9.70. The Balaban J connectivity index is 1.40. The lowest BCUT2D eigenvalue weighted by Crippen LogP contribution is -2.39. The van der Waals surface area contributed by atoms with Crippen molar-refractivity contribution in [2.45, 2.75) is 52.3 Å². The van der Waals surface area contributed by atoms with Gasteiger partial charge in [-0.25, -0.2) is 4.99 Å². The van der Waals surface area contributed by atoms with Gasteiger partial charge in [-0.3, -0.25) is 0 Å². The summed E-state index contributed by atoms with van der Waals surface area (Å²) in [6.07, 6.45) is 2.89. The van der Waals surface area contributed by atoms with Crippen LogP contribution in [0.1, 0.15) is 39.2 Å². The molecule has 0 aromatic heterocycles. The van der Waals surface area contributed by atoms with E-state index in [0.717, 1.165) is 19.0 Å². The van der Waals surface area contributed by atoms with Gasteiger partial charge < -0.3 is 10.1 Å². The van der Waals surface area contributed by atoms with E-state index in [1.165, 1.54) is 18.4 Å². The van der Waals surface area contributed by atoms with Crippen LogP contribution < -0.4 is 5.32 Å². The first-order chi connectivity index (χ1) is 10.5. The molecule has 0 amide bonds. The van der Waals surface area contributed by atoms with Crippen LogP contribution in [0.5, 0.6) is 0 Å². The monoisotopic (exact) mass is 298 g/mol. The fraction of sp³-hybridized carbons (Fsp3) is 0.632. The third-order valence-corrected chi connectivity index (χ3v) is 6.73. The Morgan fingerprint density at radius 1 is 1.18 bits per heavy atom. The van der Waals surface area contributed by atoms with Crippen molar-refractivity contribution in [1.82, 2.24) is 5.32 Å². The largest absolute Gasteiger partial charge is 0.474 e. The normalized spacial score (nSPS) is 37.8. The standard InChI is InChI=1S/C19H26N2O/c1-18(2)14-9-10-19(18,3)17-16(14)21-15(22-17)12-20-11-13-7-5-4-6-8-13/h4-8,14,16-17,20H,9-12H2,1-3H3/t14-,16-,17-,19+/m1/s1. The average molecular weight is 298 g/mol. The Hall–Kier alpha value is -1.35. The molecule has 0 radical (unpaired) electrons. The van der Waals surface area contributed by atoms with Gasteiger partial charge in [-0.1, -0.05) is 51.1 Å². The van der Waals surface area contributed by atoms with Crippen LogP contribution in [0.25, 0.3) is 0 Å². The first-order valence-corrected chi connectivity index (χ1v) is 8.50. The van der Waals surface area contributed by atoms with Crippen molar-refractivity contribution >= 4 is 5.90 Å². The van der Waals surface area contributed by atoms with E-state index in [1.54, 1.807) is 0 Å². The Bertz CT molecular complexity index is 595. The number of hydrogen-bond acceptors (Lipinski definition) is 3. The topological polar surface area (TPSA) is 33.6 Å². The minimum absolute atomic E-state index is 0.285. The van der Waals surface area contributed by atoms with Gasteiger partial charge in [0.1, 0.15) is 6.10 Å². The van der Waals surface area contributed by atoms with Gasteiger partial charge in [0.2, 0.25) is 0 Å². The van der Waals surface area contributed by atoms with Crippen LogP contribution in [0.2, 0.25) is 0 Å². The van der Waals surface area contributed by atoms with E-state index in [4.69, 9.17) is 9.73 Å². The molecule has 0 spiro atoms. The molecule has 0 unspecified atom stereocenters. The van der Waals surface area contributed by atoms with Gasteiger partial charge >= 0.3 is 0 Å². The van der Waals surface area contributed by atoms with E-state index >= 15 is 0 Å². The molecule has 22 heavy (non-hydrogen) atoms. The predicted molar refractivity (Wildman–Crippen MR) is 88.9 cm³/mol. The molecule has 3 aliphatic rings. The number of hydrogen-bond donors (Lipinski definition) is 1. The molecule has 2 aliphatic carbocycles. The lowest BCUT2D eigenvalue weighted by Gasteiger charge is -2.37. The second kappa shape index (κ2) is 4.82. The number of aliphatic imine (C=N–C) groups is 1. The average Bonchev–Trinajstić information content (AvgIpc) is 3.06.